The number of hydrogen-bond donors (Lipinski definition) is 3. The van der Waals surface area contributed by atoms with Gasteiger partial charge in [0.05, 0.1) is 13.2 Å². The van der Waals surface area contributed by atoms with E-state index in [-0.39, 0.29) is 24.0 Å². The van der Waals surface area contributed by atoms with Crippen LogP contribution in [0.5, 0.6) is 5.75 Å². The lowest BCUT2D eigenvalue weighted by molar-refractivity contribution is 0.0916. The molecule has 0 bridgehead atoms. The Morgan fingerprint density at radius 1 is 0.931 bits per heavy atom. The Hall–Kier alpha value is -3.02. The third kappa shape index (κ3) is 6.24. The molecule has 0 radical (unpaired) electrons. The maximum absolute atomic E-state index is 12.6. The summed E-state index contributed by atoms with van der Waals surface area (Å²) in [6, 6.07) is 16.8. The molecule has 6 heteroatoms. The fraction of sp³-hybridized carbons (Fsp3) is 0.391. The van der Waals surface area contributed by atoms with E-state index >= 15 is 0 Å². The predicted molar refractivity (Wildman–Crippen MR) is 113 cm³/mol. The van der Waals surface area contributed by atoms with E-state index in [0.717, 1.165) is 32.1 Å². The van der Waals surface area contributed by atoms with Crippen LogP contribution in [0.2, 0.25) is 0 Å². The van der Waals surface area contributed by atoms with Crippen molar-refractivity contribution < 1.29 is 14.3 Å². The summed E-state index contributed by atoms with van der Waals surface area (Å²) in [6.45, 7) is 0.575. The number of ether oxygens (including phenoxy) is 1. The van der Waals surface area contributed by atoms with E-state index in [1.165, 1.54) is 5.56 Å². The van der Waals surface area contributed by atoms with Gasteiger partial charge in [-0.05, 0) is 49.1 Å². The van der Waals surface area contributed by atoms with Crippen LogP contribution in [-0.4, -0.2) is 37.7 Å². The summed E-state index contributed by atoms with van der Waals surface area (Å²) in [5, 5.41) is 9.05. The summed E-state index contributed by atoms with van der Waals surface area (Å²) < 4.78 is 5.13. The van der Waals surface area contributed by atoms with Crippen molar-refractivity contribution in [2.45, 2.75) is 44.2 Å². The van der Waals surface area contributed by atoms with Crippen LogP contribution in [0.1, 0.15) is 41.6 Å². The lowest BCUT2D eigenvalue weighted by Crippen LogP contribution is -2.55. The zero-order valence-electron chi connectivity index (χ0n) is 16.8. The molecule has 2 aromatic rings. The van der Waals surface area contributed by atoms with E-state index in [0.29, 0.717) is 17.9 Å². The zero-order chi connectivity index (χ0) is 20.5. The molecule has 6 nitrogen and oxygen atoms in total. The molecule has 0 heterocycles. The number of carbonyl (C=O) groups is 2. The molecule has 0 aromatic heterocycles. The van der Waals surface area contributed by atoms with Crippen LogP contribution in [0.4, 0.5) is 4.79 Å². The van der Waals surface area contributed by atoms with Crippen molar-refractivity contribution in [3.63, 3.8) is 0 Å². The first-order valence-corrected chi connectivity index (χ1v) is 10.2. The van der Waals surface area contributed by atoms with Gasteiger partial charge in [0, 0.05) is 18.2 Å². The van der Waals surface area contributed by atoms with Gasteiger partial charge in [-0.15, -0.1) is 0 Å². The largest absolute Gasteiger partial charge is 0.497 e. The van der Waals surface area contributed by atoms with E-state index in [4.69, 9.17) is 4.74 Å². The van der Waals surface area contributed by atoms with Gasteiger partial charge in [0.15, 0.2) is 0 Å². The second-order valence-corrected chi connectivity index (χ2v) is 7.34. The standard InChI is InChI=1S/C23H29N3O3/c1-29-19-13-11-18(12-14-19)22(27)25-20-9-5-6-10-21(20)26-23(28)24-16-15-17-7-3-2-4-8-17/h2-4,7-8,11-14,20-21H,5-6,9-10,15-16H2,1H3,(H,25,27)(H2,24,26,28). The van der Waals surface area contributed by atoms with E-state index in [1.807, 2.05) is 30.3 Å². The van der Waals surface area contributed by atoms with Crippen LogP contribution < -0.4 is 20.7 Å². The Kier molecular flexibility index (Phi) is 7.50. The first kappa shape index (κ1) is 20.7. The molecule has 154 valence electrons. The number of methoxy groups -OCH3 is 1. The molecule has 29 heavy (non-hydrogen) atoms. The van der Waals surface area contributed by atoms with Crippen molar-refractivity contribution in [3.05, 3.63) is 65.7 Å². The topological polar surface area (TPSA) is 79.5 Å². The number of hydrogen-bond acceptors (Lipinski definition) is 3. The van der Waals surface area contributed by atoms with Crippen LogP contribution in [0.15, 0.2) is 54.6 Å². The van der Waals surface area contributed by atoms with Crippen molar-refractivity contribution in [3.8, 4) is 5.75 Å². The molecule has 1 saturated carbocycles. The highest BCUT2D eigenvalue weighted by atomic mass is 16.5. The van der Waals surface area contributed by atoms with Gasteiger partial charge in [-0.3, -0.25) is 4.79 Å². The number of amides is 3. The smallest absolute Gasteiger partial charge is 0.315 e. The van der Waals surface area contributed by atoms with Crippen LogP contribution in [0, 0.1) is 0 Å². The highest BCUT2D eigenvalue weighted by Crippen LogP contribution is 2.19. The minimum absolute atomic E-state index is 0.0670. The van der Waals surface area contributed by atoms with E-state index in [1.54, 1.807) is 31.4 Å². The van der Waals surface area contributed by atoms with Crippen LogP contribution in [0.3, 0.4) is 0 Å². The summed E-state index contributed by atoms with van der Waals surface area (Å²) in [4.78, 5) is 24.9. The van der Waals surface area contributed by atoms with Crippen molar-refractivity contribution >= 4 is 11.9 Å². The van der Waals surface area contributed by atoms with Crippen molar-refractivity contribution in [2.24, 2.45) is 0 Å². The number of nitrogens with one attached hydrogen (secondary N) is 3. The molecule has 0 saturated heterocycles. The molecule has 0 aliphatic heterocycles. The third-order valence-electron chi connectivity index (χ3n) is 5.29. The monoisotopic (exact) mass is 395 g/mol. The lowest BCUT2D eigenvalue weighted by Gasteiger charge is -2.32. The SMILES string of the molecule is COc1ccc(C(=O)NC2CCCCC2NC(=O)NCCc2ccccc2)cc1. The summed E-state index contributed by atoms with van der Waals surface area (Å²) in [5.74, 6) is 0.585. The summed E-state index contributed by atoms with van der Waals surface area (Å²) in [7, 11) is 1.60. The number of rotatable bonds is 7. The molecule has 2 aromatic carbocycles. The van der Waals surface area contributed by atoms with Gasteiger partial charge < -0.3 is 20.7 Å². The Balaban J connectivity index is 1.49. The summed E-state index contributed by atoms with van der Waals surface area (Å²) >= 11 is 0. The van der Waals surface area contributed by atoms with Crippen molar-refractivity contribution in [1.82, 2.24) is 16.0 Å². The zero-order valence-corrected chi connectivity index (χ0v) is 16.8. The molecule has 2 atom stereocenters. The normalized spacial score (nSPS) is 18.5. The minimum Gasteiger partial charge on any atom is -0.497 e. The average Bonchev–Trinajstić information content (AvgIpc) is 2.76. The molecular weight excluding hydrogens is 366 g/mol. The molecule has 3 amide bonds. The fourth-order valence-electron chi connectivity index (χ4n) is 3.65. The lowest BCUT2D eigenvalue weighted by atomic mass is 9.90. The molecule has 2 unspecified atom stereocenters. The minimum atomic E-state index is -0.184. The van der Waals surface area contributed by atoms with E-state index in [2.05, 4.69) is 16.0 Å². The fourth-order valence-corrected chi connectivity index (χ4v) is 3.65. The maximum Gasteiger partial charge on any atom is 0.315 e. The number of carbonyl (C=O) groups excluding carboxylic acids is 2. The quantitative estimate of drug-likeness (QED) is 0.673. The average molecular weight is 396 g/mol. The Morgan fingerprint density at radius 2 is 1.59 bits per heavy atom. The van der Waals surface area contributed by atoms with Gasteiger partial charge in [0.25, 0.3) is 5.91 Å². The molecule has 3 N–H and O–H groups in total. The first-order valence-electron chi connectivity index (χ1n) is 10.2. The van der Waals surface area contributed by atoms with Crippen LogP contribution in [-0.2, 0) is 6.42 Å². The molecular formula is C23H29N3O3. The highest BCUT2D eigenvalue weighted by molar-refractivity contribution is 5.94. The second-order valence-electron chi connectivity index (χ2n) is 7.34. The van der Waals surface area contributed by atoms with Gasteiger partial charge in [0.1, 0.15) is 5.75 Å². The Bertz CT molecular complexity index is 793. The van der Waals surface area contributed by atoms with Gasteiger partial charge in [-0.1, -0.05) is 43.2 Å². The third-order valence-corrected chi connectivity index (χ3v) is 5.29. The maximum atomic E-state index is 12.6. The van der Waals surface area contributed by atoms with Gasteiger partial charge in [-0.2, -0.15) is 0 Å². The first-order chi connectivity index (χ1) is 14.2. The molecule has 3 rings (SSSR count). The van der Waals surface area contributed by atoms with Crippen LogP contribution in [0.25, 0.3) is 0 Å². The molecule has 0 spiro atoms. The summed E-state index contributed by atoms with van der Waals surface area (Å²) in [6.07, 6.45) is 4.60. The number of urea groups is 1. The molecule has 1 aliphatic carbocycles. The van der Waals surface area contributed by atoms with Crippen molar-refractivity contribution in [1.29, 1.82) is 0 Å². The Labute approximate surface area is 172 Å². The van der Waals surface area contributed by atoms with E-state index < -0.39 is 0 Å². The van der Waals surface area contributed by atoms with E-state index in [9.17, 15) is 9.59 Å². The predicted octanol–water partition coefficient (Wildman–Crippen LogP) is 3.28. The molecule has 1 fully saturated rings. The van der Waals surface area contributed by atoms with Gasteiger partial charge in [-0.25, -0.2) is 4.79 Å². The molecule has 1 aliphatic rings. The highest BCUT2D eigenvalue weighted by Gasteiger charge is 2.28. The van der Waals surface area contributed by atoms with Gasteiger partial charge >= 0.3 is 6.03 Å². The Morgan fingerprint density at radius 3 is 2.24 bits per heavy atom. The van der Waals surface area contributed by atoms with Crippen molar-refractivity contribution in [2.75, 3.05) is 13.7 Å². The van der Waals surface area contributed by atoms with Crippen LogP contribution >= 0.6 is 0 Å². The van der Waals surface area contributed by atoms with Gasteiger partial charge in [0.2, 0.25) is 0 Å². The number of benzene rings is 2. The second kappa shape index (κ2) is 10.5. The summed E-state index contributed by atoms with van der Waals surface area (Å²) in [5.41, 5.74) is 1.78.